The van der Waals surface area contributed by atoms with Crippen molar-refractivity contribution in [3.05, 3.63) is 11.1 Å². The van der Waals surface area contributed by atoms with Crippen molar-refractivity contribution in [2.24, 2.45) is 10.6 Å². The minimum atomic E-state index is -1.23. The van der Waals surface area contributed by atoms with E-state index in [9.17, 15) is 29.1 Å². The fourth-order valence-corrected chi connectivity index (χ4v) is 6.06. The number of carbonyl (C=O) groups excluding carboxylic acids is 4. The zero-order valence-electron chi connectivity index (χ0n) is 21.9. The first kappa shape index (κ1) is 30.3. The van der Waals surface area contributed by atoms with Crippen molar-refractivity contribution in [1.82, 2.24) is 15.2 Å². The Morgan fingerprint density at radius 3 is 2.74 bits per heavy atom. The van der Waals surface area contributed by atoms with Crippen LogP contribution >= 0.6 is 23.1 Å². The summed E-state index contributed by atoms with van der Waals surface area (Å²) < 4.78 is 10.3. The number of carboxylic acid groups (broad SMARTS) is 1. The number of thiazole rings is 1. The summed E-state index contributed by atoms with van der Waals surface area (Å²) in [6.07, 6.45) is 0.809. The number of aromatic nitrogens is 1. The number of nitrogens with zero attached hydrogens (tertiary/aromatic N) is 3. The van der Waals surface area contributed by atoms with Gasteiger partial charge < -0.3 is 35.0 Å². The van der Waals surface area contributed by atoms with E-state index in [0.717, 1.165) is 11.3 Å². The second-order valence-electron chi connectivity index (χ2n) is 9.90. The first-order valence-corrected chi connectivity index (χ1v) is 13.9. The monoisotopic (exact) mass is 585 g/mol. The van der Waals surface area contributed by atoms with Crippen molar-refractivity contribution in [3.63, 3.8) is 0 Å². The Hall–Kier alpha value is -3.24. The third-order valence-corrected chi connectivity index (χ3v) is 8.00. The van der Waals surface area contributed by atoms with E-state index < -0.39 is 46.2 Å². The Balaban J connectivity index is 1.66. The molecule has 16 heteroatoms. The summed E-state index contributed by atoms with van der Waals surface area (Å²) in [6.45, 7) is 5.21. The molecule has 14 nitrogen and oxygen atoms in total. The fourth-order valence-electron chi connectivity index (χ4n) is 3.88. The molecule has 3 atom stereocenters. The largest absolute Gasteiger partial charge is 0.481 e. The second-order valence-corrected chi connectivity index (χ2v) is 11.9. The highest BCUT2D eigenvalue weighted by Crippen LogP contribution is 2.42. The van der Waals surface area contributed by atoms with Crippen LogP contribution in [0.4, 0.5) is 5.13 Å². The van der Waals surface area contributed by atoms with Gasteiger partial charge in [0.05, 0.1) is 6.61 Å². The van der Waals surface area contributed by atoms with Crippen molar-refractivity contribution >= 4 is 64.1 Å². The van der Waals surface area contributed by atoms with Gasteiger partial charge in [-0.15, -0.1) is 23.1 Å². The Bertz CT molecular complexity index is 1140. The minimum Gasteiger partial charge on any atom is -0.481 e. The number of β-lactam (4-membered cyclic amide) rings is 1. The number of hydrogen-bond donors (Lipinski definition) is 3. The van der Waals surface area contributed by atoms with Crippen LogP contribution in [0.25, 0.3) is 0 Å². The lowest BCUT2D eigenvalue weighted by atomic mass is 9.88. The number of nitrogens with one attached hydrogen (secondary N) is 2. The average Bonchev–Trinajstić information content (AvgIpc) is 3.31. The highest BCUT2D eigenvalue weighted by atomic mass is 32.2. The quantitative estimate of drug-likeness (QED) is 0.0738. The highest BCUT2D eigenvalue weighted by molar-refractivity contribution is 8.00. The third-order valence-electron chi connectivity index (χ3n) is 5.64. The number of fused-ring (bicyclic) bond motifs is 1. The summed E-state index contributed by atoms with van der Waals surface area (Å²) in [6, 6.07) is -0.902. The number of aliphatic carboxylic acids is 1. The van der Waals surface area contributed by atoms with Crippen molar-refractivity contribution in [1.29, 1.82) is 0 Å². The molecule has 2 saturated heterocycles. The van der Waals surface area contributed by atoms with Crippen LogP contribution in [0.1, 0.15) is 39.3 Å². The lowest BCUT2D eigenvalue weighted by Gasteiger charge is -2.53. The van der Waals surface area contributed by atoms with E-state index in [-0.39, 0.29) is 54.9 Å². The van der Waals surface area contributed by atoms with Crippen LogP contribution in [0, 0.1) is 5.41 Å². The maximum atomic E-state index is 13.2. The number of ether oxygens (including phenoxy) is 2. The molecular weight excluding hydrogens is 554 g/mol. The molecule has 0 spiro atoms. The van der Waals surface area contributed by atoms with Gasteiger partial charge in [0.1, 0.15) is 34.7 Å². The van der Waals surface area contributed by atoms with E-state index in [1.165, 1.54) is 29.2 Å². The predicted octanol–water partition coefficient (Wildman–Crippen LogP) is 0.671. The van der Waals surface area contributed by atoms with E-state index in [2.05, 4.69) is 20.8 Å². The molecule has 214 valence electrons. The number of methoxy groups -OCH3 is 1. The van der Waals surface area contributed by atoms with Gasteiger partial charge in [-0.25, -0.2) is 4.98 Å². The van der Waals surface area contributed by atoms with E-state index in [4.69, 9.17) is 14.3 Å². The van der Waals surface area contributed by atoms with Gasteiger partial charge in [0.15, 0.2) is 10.8 Å². The van der Waals surface area contributed by atoms with Crippen LogP contribution in [-0.2, 0) is 38.3 Å². The molecule has 0 bridgehead atoms. The highest BCUT2D eigenvalue weighted by Gasteiger charge is 2.57. The first-order valence-electron chi connectivity index (χ1n) is 11.9. The number of thioether (sulfide) groups is 1. The van der Waals surface area contributed by atoms with E-state index >= 15 is 0 Å². The van der Waals surface area contributed by atoms with Gasteiger partial charge in [-0.3, -0.25) is 24.0 Å². The first-order chi connectivity index (χ1) is 18.4. The maximum Gasteiger partial charge on any atom is 0.314 e. The number of hydrogen-bond acceptors (Lipinski definition) is 12. The zero-order chi connectivity index (χ0) is 28.8. The molecule has 2 fully saturated rings. The van der Waals surface area contributed by atoms with Crippen molar-refractivity contribution in [2.45, 2.75) is 50.6 Å². The Morgan fingerprint density at radius 1 is 1.36 bits per heavy atom. The molecule has 39 heavy (non-hydrogen) atoms. The molecule has 3 heterocycles. The third kappa shape index (κ3) is 7.45. The Kier molecular flexibility index (Phi) is 9.90. The van der Waals surface area contributed by atoms with Gasteiger partial charge in [-0.1, -0.05) is 5.16 Å². The molecule has 3 amide bonds. The van der Waals surface area contributed by atoms with E-state index in [0.29, 0.717) is 6.41 Å². The van der Waals surface area contributed by atoms with Crippen molar-refractivity contribution in [2.75, 3.05) is 37.9 Å². The summed E-state index contributed by atoms with van der Waals surface area (Å²) in [7, 11) is 1.40. The van der Waals surface area contributed by atoms with Crippen LogP contribution < -0.4 is 10.6 Å². The van der Waals surface area contributed by atoms with Crippen LogP contribution in [0.3, 0.4) is 0 Å². The number of amides is 3. The summed E-state index contributed by atoms with van der Waals surface area (Å²) in [5, 5.41) is 19.9. The van der Waals surface area contributed by atoms with E-state index in [1.54, 1.807) is 20.8 Å². The number of oxime groups is 1. The molecule has 1 aromatic rings. The second kappa shape index (κ2) is 12.7. The van der Waals surface area contributed by atoms with Crippen LogP contribution in [0.15, 0.2) is 10.5 Å². The molecular formula is C23H31N5O9S2. The van der Waals surface area contributed by atoms with Crippen LogP contribution in [0.5, 0.6) is 0 Å². The topological polar surface area (TPSA) is 186 Å². The SMILES string of the molecule is COCC1(C(=O)O)CS[C@@H]2C(NC(=O)C(=NOCCCC(=O)OC(C)(C)C)c3csc(NC=O)n3)C(=O)N2C1. The summed E-state index contributed by atoms with van der Waals surface area (Å²) in [4.78, 5) is 71.4. The predicted molar refractivity (Wildman–Crippen MR) is 141 cm³/mol. The number of carboxylic acids is 1. The Morgan fingerprint density at radius 2 is 2.10 bits per heavy atom. The van der Waals surface area contributed by atoms with Gasteiger partial charge >= 0.3 is 11.9 Å². The van der Waals surface area contributed by atoms with Crippen molar-refractivity contribution in [3.8, 4) is 0 Å². The van der Waals surface area contributed by atoms with Crippen molar-refractivity contribution < 1.29 is 43.4 Å². The molecule has 3 N–H and O–H groups in total. The molecule has 3 rings (SSSR count). The molecule has 0 aromatic carbocycles. The van der Waals surface area contributed by atoms with Crippen LogP contribution in [-0.4, -0.2) is 101 Å². The summed E-state index contributed by atoms with van der Waals surface area (Å²) in [5.74, 6) is -2.42. The normalized spacial score (nSPS) is 22.8. The number of carbonyl (C=O) groups is 5. The van der Waals surface area contributed by atoms with Gasteiger partial charge in [0.25, 0.3) is 5.91 Å². The lowest BCUT2D eigenvalue weighted by molar-refractivity contribution is -0.161. The molecule has 2 aliphatic heterocycles. The average molecular weight is 586 g/mol. The summed E-state index contributed by atoms with van der Waals surface area (Å²) in [5.41, 5.74) is -1.96. The smallest absolute Gasteiger partial charge is 0.314 e. The lowest BCUT2D eigenvalue weighted by Crippen LogP contribution is -2.74. The number of anilines is 1. The fraction of sp³-hybridized carbons (Fsp3) is 0.609. The molecule has 2 unspecified atom stereocenters. The zero-order valence-corrected chi connectivity index (χ0v) is 23.6. The Labute approximate surface area is 232 Å². The molecule has 2 aliphatic rings. The molecule has 0 radical (unpaired) electrons. The van der Waals surface area contributed by atoms with Crippen LogP contribution in [0.2, 0.25) is 0 Å². The number of esters is 1. The van der Waals surface area contributed by atoms with Gasteiger partial charge in [-0.05, 0) is 27.2 Å². The van der Waals surface area contributed by atoms with E-state index in [1.807, 2.05) is 0 Å². The van der Waals surface area contributed by atoms with Gasteiger partial charge in [0.2, 0.25) is 12.3 Å². The molecule has 1 aromatic heterocycles. The standard InChI is InChI=1S/C23H31N5O9S2/c1-22(2,3)37-14(30)6-5-7-36-27-15(13-8-38-21(25-13)24-12-29)17(31)26-16-18(32)28-9-23(10-35-4,20(33)34)11-39-19(16)28/h8,12,16,19H,5-7,9-11H2,1-4H3,(H,26,31)(H,33,34)(H,24,25,29)/t16?,19-,23?/m1/s1. The van der Waals surface area contributed by atoms with Gasteiger partial charge in [0, 0.05) is 31.2 Å². The molecule has 0 aliphatic carbocycles. The number of rotatable bonds is 13. The summed E-state index contributed by atoms with van der Waals surface area (Å²) >= 11 is 2.30. The molecule has 0 saturated carbocycles. The maximum absolute atomic E-state index is 13.2. The minimum absolute atomic E-state index is 0.00495. The van der Waals surface area contributed by atoms with Gasteiger partial charge in [-0.2, -0.15) is 0 Å².